The summed E-state index contributed by atoms with van der Waals surface area (Å²) < 4.78 is 145. The van der Waals surface area contributed by atoms with Gasteiger partial charge in [0.25, 0.3) is 5.92 Å². The van der Waals surface area contributed by atoms with Gasteiger partial charge in [-0.3, -0.25) is 62.4 Å². The lowest BCUT2D eigenvalue weighted by Crippen LogP contribution is -2.52. The number of hydrogen-bond donors (Lipinski definition) is 0. The maximum absolute atomic E-state index is 13.2. The third-order valence-corrected chi connectivity index (χ3v) is 30.8. The normalized spacial score (nSPS) is 23.4. The van der Waals surface area contributed by atoms with Crippen LogP contribution in [0.3, 0.4) is 0 Å². The summed E-state index contributed by atoms with van der Waals surface area (Å²) in [6, 6.07) is 10.9. The molecule has 8 amide bonds. The summed E-state index contributed by atoms with van der Waals surface area (Å²) >= 11 is 13.1. The predicted octanol–water partition coefficient (Wildman–Crippen LogP) is 20.1. The van der Waals surface area contributed by atoms with Gasteiger partial charge in [0.05, 0.1) is 88.8 Å². The minimum absolute atomic E-state index is 0.00167. The van der Waals surface area contributed by atoms with E-state index < -0.39 is 66.8 Å². The first-order valence-electron chi connectivity index (χ1n) is 49.4. The number of sulfone groups is 1. The molecule has 0 bridgehead atoms. The number of ether oxygens (including phenoxy) is 1. The van der Waals surface area contributed by atoms with E-state index in [2.05, 4.69) is 47.9 Å². The number of nitrogens with zero attached hydrogens (tertiary/aromatic N) is 12. The fourth-order valence-electron chi connectivity index (χ4n) is 19.4. The van der Waals surface area contributed by atoms with Gasteiger partial charge in [0, 0.05) is 178 Å². The first kappa shape index (κ1) is 120. The van der Waals surface area contributed by atoms with E-state index in [1.165, 1.54) is 40.5 Å². The number of likely N-dealkylation sites (tertiary alicyclic amines) is 6. The lowest BCUT2D eigenvalue weighted by atomic mass is 9.82. The SMILES string of the molecule is CC(C)(C)C(=O)N1CC2C(CF)C2C1.CC(C)(C)C(=O)N1CC2CCS(=O)(=O)C2C1.CC(C)(C)C(=O)N1CCC(C(F)(F)F)C1(C)C.CC(C)(C)C(=O)N1CCC(N2CCC(F)(F)C2)C1.CC(C)(C)C(=O)N1CCC(OCc2cnc(Cl)s2)C1.CC(C)(C)C(=O)N1Cc2cc(C(F)(F)F)cnc2C1.CC(C)(C)C(=O)N1Cc2cc(Cl)cnc2C1.CC(C)(C)CC(=O)C1Cc2ccccc2CN1C(=O)C(C)(C)C. The summed E-state index contributed by atoms with van der Waals surface area (Å²) in [7, 11) is -2.93. The highest BCUT2D eigenvalue weighted by molar-refractivity contribution is 7.92. The van der Waals surface area contributed by atoms with Gasteiger partial charge in [-0.25, -0.2) is 22.2 Å². The molecule has 11 aliphatic rings. The number of ketones is 1. The number of thiazole rings is 1. The molecular weight excluding hydrogens is 1930 g/mol. The van der Waals surface area contributed by atoms with Gasteiger partial charge in [-0.1, -0.05) is 234 Å². The Balaban J connectivity index is 0.000000199. The molecule has 798 valence electrons. The van der Waals surface area contributed by atoms with E-state index >= 15 is 0 Å². The third-order valence-electron chi connectivity index (χ3n) is 27.3. The van der Waals surface area contributed by atoms with Crippen LogP contribution in [0, 0.1) is 78.3 Å². The van der Waals surface area contributed by atoms with Crippen molar-refractivity contribution in [3.63, 3.8) is 0 Å². The second-order valence-corrected chi connectivity index (χ2v) is 54.3. The third kappa shape index (κ3) is 32.2. The molecule has 1 saturated carbocycles. The van der Waals surface area contributed by atoms with Gasteiger partial charge in [0.15, 0.2) is 20.1 Å². The first-order chi connectivity index (χ1) is 64.5. The molecule has 10 aliphatic heterocycles. The van der Waals surface area contributed by atoms with E-state index in [9.17, 15) is 91.1 Å². The molecule has 0 radical (unpaired) electrons. The molecule has 1 aliphatic carbocycles. The molecule has 15 rings (SSSR count). The molecule has 3 aromatic heterocycles. The van der Waals surface area contributed by atoms with Gasteiger partial charge >= 0.3 is 12.4 Å². The quantitative estimate of drug-likeness (QED) is 0.156. The Morgan fingerprint density at radius 2 is 0.958 bits per heavy atom. The summed E-state index contributed by atoms with van der Waals surface area (Å²) in [5, 5.41) is 0.336. The number of rotatable bonds is 7. The summed E-state index contributed by atoms with van der Waals surface area (Å²) in [5.74, 6) is -1.62. The zero-order chi connectivity index (χ0) is 108. The number of carbonyl (C=O) groups excluding carboxylic acids is 9. The van der Waals surface area contributed by atoms with Crippen LogP contribution in [0.4, 0.5) is 39.5 Å². The maximum atomic E-state index is 13.2. The number of fused-ring (bicyclic) bond motifs is 5. The molecule has 0 spiro atoms. The molecule has 8 atom stereocenters. The molecule has 8 unspecified atom stereocenters. The number of aromatic nitrogens is 3. The van der Waals surface area contributed by atoms with Gasteiger partial charge in [0.1, 0.15) is 0 Å². The van der Waals surface area contributed by atoms with E-state index in [1.807, 2.05) is 167 Å². The van der Waals surface area contributed by atoms with Crippen molar-refractivity contribution >= 4 is 97.4 Å². The molecule has 142 heavy (non-hydrogen) atoms. The standard InChI is InChI=1S/C20H29NO2.C13H19ClN2O2S.C13H15F3N2O.C13H22F2N2O.C12H15ClN2O.C12H20F3NO.C11H18FNO.C11H19NO3S/c1-19(2,3)12-17(22)16-11-14-9-7-8-10-15(14)13-21(16)18(23)20(4,5)6;1-13(2,3)11(17)16-5-4-9(7-16)18-8-10-6-15-12(14)19-10;1-12(2,3)11(19)18-6-8-4-9(13(14,15)16)5-17-10(8)7-18;1-12(2,3)11(18)16-6-4-10(8-16)17-7-5-13(14,15)9-17;1-12(2,3)11(16)15-6-8-4-9(13)5-14-10(8)7-15;1-10(2,3)9(17)16-7-6-8(11(16,4)5)12(13,14)15;1-11(2,3)10(14)13-5-8-7(4-12)9(8)6-13;1-11(2,3)10(13)12-6-8-4-5-16(14,15)9(8)7-12/h7-10,16H,11-13H2,1-6H3;6,9H,4-5,7-8H2,1-3H3;4-5H,6-7H2,1-3H3;10H,4-9H2,1-3H3;4-5H,6-7H2,1-3H3;8H,6-7H2,1-5H3;7-9H,4-6H2,1-3H3;8-9H,4-7H2,1-3H3. The number of amides is 8. The van der Waals surface area contributed by atoms with Crippen LogP contribution in [0.25, 0.3) is 0 Å². The summed E-state index contributed by atoms with van der Waals surface area (Å²) in [4.78, 5) is 139. The second-order valence-electron chi connectivity index (χ2n) is 49.9. The Hall–Kier alpha value is -7.60. The number of piperidine rings is 1. The van der Waals surface area contributed by atoms with E-state index in [0.29, 0.717) is 117 Å². The van der Waals surface area contributed by atoms with Crippen molar-refractivity contribution in [1.82, 2.24) is 59.1 Å². The molecular formula is C105H157Cl2F9N12O12S2. The van der Waals surface area contributed by atoms with Crippen LogP contribution in [0.5, 0.6) is 0 Å². The van der Waals surface area contributed by atoms with Crippen LogP contribution < -0.4 is 0 Å². The van der Waals surface area contributed by atoms with Gasteiger partial charge in [-0.05, 0) is 103 Å². The lowest BCUT2D eigenvalue weighted by Gasteiger charge is -2.40. The molecule has 0 N–H and O–H groups in total. The monoisotopic (exact) mass is 2080 g/mol. The van der Waals surface area contributed by atoms with Gasteiger partial charge in [-0.15, -0.1) is 11.3 Å². The number of pyridine rings is 2. The zero-order valence-electron chi connectivity index (χ0n) is 89.0. The Morgan fingerprint density at radius 1 is 0.493 bits per heavy atom. The van der Waals surface area contributed by atoms with E-state index in [-0.39, 0.29) is 161 Å². The molecule has 13 heterocycles. The van der Waals surface area contributed by atoms with Crippen molar-refractivity contribution in [2.75, 3.05) is 84.4 Å². The van der Waals surface area contributed by atoms with E-state index in [4.69, 9.17) is 27.9 Å². The van der Waals surface area contributed by atoms with Crippen molar-refractivity contribution in [3.8, 4) is 0 Å². The van der Waals surface area contributed by atoms with Crippen LogP contribution >= 0.6 is 34.5 Å². The Labute approximate surface area is 850 Å². The van der Waals surface area contributed by atoms with Crippen molar-refractivity contribution in [2.45, 2.75) is 332 Å². The van der Waals surface area contributed by atoms with Crippen LogP contribution in [-0.2, 0) is 110 Å². The second kappa shape index (κ2) is 45.2. The van der Waals surface area contributed by atoms with Crippen molar-refractivity contribution in [2.24, 2.45) is 78.3 Å². The van der Waals surface area contributed by atoms with Crippen LogP contribution in [0.1, 0.15) is 283 Å². The highest BCUT2D eigenvalue weighted by Gasteiger charge is 2.59. The largest absolute Gasteiger partial charge is 0.417 e. The Morgan fingerprint density at radius 3 is 1.40 bits per heavy atom. The molecule has 7 saturated heterocycles. The summed E-state index contributed by atoms with van der Waals surface area (Å²) in [5.41, 5.74) is -0.00371. The zero-order valence-corrected chi connectivity index (χ0v) is 92.2. The van der Waals surface area contributed by atoms with Gasteiger partial charge < -0.3 is 43.9 Å². The Kier molecular flexibility index (Phi) is 38.1. The minimum atomic E-state index is -4.40. The Bertz CT molecular complexity index is 5230. The molecule has 24 nitrogen and oxygen atoms in total. The number of halogens is 11. The topological polar surface area (TPSA) is 265 Å². The molecule has 4 aromatic rings. The van der Waals surface area contributed by atoms with E-state index in [1.54, 1.807) is 63.7 Å². The highest BCUT2D eigenvalue weighted by atomic mass is 35.5. The number of alkyl halides is 9. The van der Waals surface area contributed by atoms with Gasteiger partial charge in [-0.2, -0.15) is 26.3 Å². The fourth-order valence-corrected chi connectivity index (χ4v) is 22.6. The number of benzene rings is 1. The van der Waals surface area contributed by atoms with Crippen molar-refractivity contribution in [3.05, 3.63) is 109 Å². The van der Waals surface area contributed by atoms with Gasteiger partial charge in [0.2, 0.25) is 47.3 Å². The molecule has 37 heteroatoms. The maximum Gasteiger partial charge on any atom is 0.417 e. The number of Topliss-reactive ketones (excluding diaryl/α,β-unsaturated/α-hetero) is 1. The van der Waals surface area contributed by atoms with Crippen molar-refractivity contribution in [1.29, 1.82) is 0 Å². The smallest absolute Gasteiger partial charge is 0.371 e. The average Bonchev–Trinajstić information content (AvgIpc) is 1.57. The lowest BCUT2D eigenvalue weighted by molar-refractivity contribution is -0.193. The number of hydrogen-bond acceptors (Lipinski definition) is 17. The minimum Gasteiger partial charge on any atom is -0.371 e. The average molecular weight is 2090 g/mol. The summed E-state index contributed by atoms with van der Waals surface area (Å²) in [6.07, 6.45) is -0.815. The molecule has 8 fully saturated rings. The fraction of sp³-hybridized carbons (Fsp3) is 0.733. The molecule has 1 aromatic carbocycles. The highest BCUT2D eigenvalue weighted by Crippen LogP contribution is 2.53. The van der Waals surface area contributed by atoms with Crippen LogP contribution in [0.2, 0.25) is 9.49 Å². The van der Waals surface area contributed by atoms with Crippen molar-refractivity contribution < 1.29 is 95.8 Å². The first-order valence-corrected chi connectivity index (χ1v) is 52.7. The number of carbonyl (C=O) groups is 9. The van der Waals surface area contributed by atoms with E-state index in [0.717, 1.165) is 72.9 Å². The summed E-state index contributed by atoms with van der Waals surface area (Å²) in [6.45, 7) is 62.7. The van der Waals surface area contributed by atoms with Crippen LogP contribution in [0.15, 0.2) is 55.0 Å². The van der Waals surface area contributed by atoms with Crippen LogP contribution in [-0.4, -0.2) is 246 Å². The predicted molar refractivity (Wildman–Crippen MR) is 534 cm³/mol.